The predicted octanol–water partition coefficient (Wildman–Crippen LogP) is 4.40. The molecule has 8 heteroatoms. The third-order valence-electron chi connectivity index (χ3n) is 3.57. The van der Waals surface area contributed by atoms with Crippen LogP contribution in [-0.4, -0.2) is 40.6 Å². The van der Waals surface area contributed by atoms with Crippen LogP contribution in [0.1, 0.15) is 54.5 Å². The number of carbonyl (C=O) groups is 1. The molecule has 0 aliphatic carbocycles. The lowest BCUT2D eigenvalue weighted by atomic mass is 10.1. The topological polar surface area (TPSA) is 118 Å². The van der Waals surface area contributed by atoms with Gasteiger partial charge in [0, 0.05) is 11.1 Å². The van der Waals surface area contributed by atoms with Crippen LogP contribution in [0.4, 0.5) is 0 Å². The van der Waals surface area contributed by atoms with Crippen molar-refractivity contribution in [3.05, 3.63) is 34.3 Å². The molecule has 2 aromatic rings. The molecule has 1 heterocycles. The SMILES string of the molecule is CCCCN.Cc1nc(-c2ccc(OCC(C)C)c(C=NO)c2)sc1C(=O)O. The number of thiazole rings is 1. The summed E-state index contributed by atoms with van der Waals surface area (Å²) in [6.45, 7) is 9.27. The van der Waals surface area contributed by atoms with Gasteiger partial charge >= 0.3 is 5.97 Å². The molecule has 0 spiro atoms. The highest BCUT2D eigenvalue weighted by Crippen LogP contribution is 2.31. The molecule has 0 aliphatic rings. The van der Waals surface area contributed by atoms with Crippen LogP contribution in [0.3, 0.4) is 0 Å². The molecule has 1 aromatic carbocycles. The van der Waals surface area contributed by atoms with E-state index in [2.05, 4.69) is 17.1 Å². The van der Waals surface area contributed by atoms with Gasteiger partial charge in [-0.2, -0.15) is 0 Å². The standard InChI is InChI=1S/C16H18N2O4S.C4H11N/c1-9(2)8-22-13-5-4-11(6-12(13)7-17-21)15-18-10(3)14(23-15)16(19)20;1-2-3-4-5/h4-7,9,21H,8H2,1-3H3,(H,19,20);2-5H2,1H3. The Morgan fingerprint density at radius 1 is 1.43 bits per heavy atom. The van der Waals surface area contributed by atoms with Gasteiger partial charge in [-0.05, 0) is 44.0 Å². The van der Waals surface area contributed by atoms with E-state index in [9.17, 15) is 4.79 Å². The predicted molar refractivity (Wildman–Crippen MR) is 113 cm³/mol. The van der Waals surface area contributed by atoms with Crippen LogP contribution in [0.25, 0.3) is 10.6 Å². The Labute approximate surface area is 169 Å². The van der Waals surface area contributed by atoms with E-state index in [1.165, 1.54) is 19.1 Å². The van der Waals surface area contributed by atoms with Crippen molar-refractivity contribution < 1.29 is 19.8 Å². The van der Waals surface area contributed by atoms with Gasteiger partial charge in [-0.3, -0.25) is 0 Å². The van der Waals surface area contributed by atoms with Crippen molar-refractivity contribution >= 4 is 23.5 Å². The maximum absolute atomic E-state index is 11.1. The van der Waals surface area contributed by atoms with E-state index in [4.69, 9.17) is 20.8 Å². The van der Waals surface area contributed by atoms with Gasteiger partial charge in [0.25, 0.3) is 0 Å². The Kier molecular flexibility index (Phi) is 10.2. The maximum Gasteiger partial charge on any atom is 0.347 e. The van der Waals surface area contributed by atoms with Crippen LogP contribution >= 0.6 is 11.3 Å². The number of carboxylic acid groups (broad SMARTS) is 1. The summed E-state index contributed by atoms with van der Waals surface area (Å²) in [6, 6.07) is 5.35. The van der Waals surface area contributed by atoms with Crippen molar-refractivity contribution in [2.24, 2.45) is 16.8 Å². The van der Waals surface area contributed by atoms with Gasteiger partial charge in [0.15, 0.2) is 0 Å². The van der Waals surface area contributed by atoms with E-state index in [1.807, 2.05) is 19.9 Å². The third-order valence-corrected chi connectivity index (χ3v) is 4.77. The smallest absolute Gasteiger partial charge is 0.347 e. The first kappa shape index (κ1) is 23.6. The molecule has 0 bridgehead atoms. The summed E-state index contributed by atoms with van der Waals surface area (Å²) in [7, 11) is 0. The summed E-state index contributed by atoms with van der Waals surface area (Å²) in [5.74, 6) is -0.0133. The molecule has 28 heavy (non-hydrogen) atoms. The number of aromatic carboxylic acids is 1. The molecule has 7 nitrogen and oxygen atoms in total. The molecule has 2 rings (SSSR count). The molecule has 0 aliphatic heterocycles. The van der Waals surface area contributed by atoms with Crippen molar-refractivity contribution in [2.45, 2.75) is 40.5 Å². The van der Waals surface area contributed by atoms with E-state index in [-0.39, 0.29) is 4.88 Å². The van der Waals surface area contributed by atoms with Gasteiger partial charge in [0.2, 0.25) is 0 Å². The summed E-state index contributed by atoms with van der Waals surface area (Å²) >= 11 is 1.11. The van der Waals surface area contributed by atoms with Gasteiger partial charge in [-0.25, -0.2) is 9.78 Å². The fourth-order valence-electron chi connectivity index (χ4n) is 2.15. The Hall–Kier alpha value is -2.45. The minimum atomic E-state index is -0.986. The zero-order valence-corrected chi connectivity index (χ0v) is 17.6. The maximum atomic E-state index is 11.1. The van der Waals surface area contributed by atoms with Crippen molar-refractivity contribution in [2.75, 3.05) is 13.2 Å². The van der Waals surface area contributed by atoms with Gasteiger partial charge in [0.05, 0.1) is 18.5 Å². The Morgan fingerprint density at radius 3 is 2.61 bits per heavy atom. The van der Waals surface area contributed by atoms with Crippen LogP contribution in [0.5, 0.6) is 5.75 Å². The number of nitrogens with zero attached hydrogens (tertiary/aromatic N) is 2. The second-order valence-corrected chi connectivity index (χ2v) is 7.58. The number of oxime groups is 1. The number of hydrogen-bond donors (Lipinski definition) is 3. The zero-order valence-electron chi connectivity index (χ0n) is 16.8. The van der Waals surface area contributed by atoms with Crippen LogP contribution in [0, 0.1) is 12.8 Å². The number of unbranched alkanes of at least 4 members (excludes halogenated alkanes) is 1. The normalized spacial score (nSPS) is 10.8. The van der Waals surface area contributed by atoms with Gasteiger partial charge in [-0.15, -0.1) is 11.3 Å². The molecule has 0 unspecified atom stereocenters. The van der Waals surface area contributed by atoms with Crippen LogP contribution < -0.4 is 10.5 Å². The van der Waals surface area contributed by atoms with E-state index in [1.54, 1.807) is 19.1 Å². The molecule has 0 saturated heterocycles. The number of hydrogen-bond acceptors (Lipinski definition) is 7. The minimum absolute atomic E-state index is 0.220. The average molecular weight is 408 g/mol. The van der Waals surface area contributed by atoms with Gasteiger partial charge < -0.3 is 20.8 Å². The second-order valence-electron chi connectivity index (χ2n) is 6.58. The number of aromatic nitrogens is 1. The number of ether oxygens (including phenoxy) is 1. The summed E-state index contributed by atoms with van der Waals surface area (Å²) in [4.78, 5) is 15.7. The first-order valence-corrected chi connectivity index (χ1v) is 10.0. The molecule has 0 amide bonds. The van der Waals surface area contributed by atoms with E-state index in [0.29, 0.717) is 34.5 Å². The summed E-state index contributed by atoms with van der Waals surface area (Å²) < 4.78 is 5.70. The van der Waals surface area contributed by atoms with Crippen LogP contribution in [-0.2, 0) is 0 Å². The molecule has 0 radical (unpaired) electrons. The Morgan fingerprint density at radius 2 is 2.14 bits per heavy atom. The third kappa shape index (κ3) is 7.28. The largest absolute Gasteiger partial charge is 0.493 e. The van der Waals surface area contributed by atoms with E-state index < -0.39 is 5.97 Å². The van der Waals surface area contributed by atoms with Crippen molar-refractivity contribution in [3.63, 3.8) is 0 Å². The lowest BCUT2D eigenvalue weighted by molar-refractivity contribution is 0.0701. The molecule has 0 atom stereocenters. The lowest BCUT2D eigenvalue weighted by Gasteiger charge is -2.11. The fourth-order valence-corrected chi connectivity index (χ4v) is 3.06. The van der Waals surface area contributed by atoms with Crippen molar-refractivity contribution in [1.82, 2.24) is 4.98 Å². The molecule has 4 N–H and O–H groups in total. The summed E-state index contributed by atoms with van der Waals surface area (Å²) in [6.07, 6.45) is 3.67. The first-order valence-electron chi connectivity index (χ1n) is 9.19. The van der Waals surface area contributed by atoms with Crippen molar-refractivity contribution in [3.8, 4) is 16.3 Å². The first-order chi connectivity index (χ1) is 13.3. The summed E-state index contributed by atoms with van der Waals surface area (Å²) in [5.41, 5.74) is 6.97. The molecular weight excluding hydrogens is 378 g/mol. The minimum Gasteiger partial charge on any atom is -0.493 e. The van der Waals surface area contributed by atoms with Crippen LogP contribution in [0.2, 0.25) is 0 Å². The quantitative estimate of drug-likeness (QED) is 0.339. The number of carboxylic acids is 1. The van der Waals surface area contributed by atoms with Gasteiger partial charge in [-0.1, -0.05) is 32.3 Å². The molecule has 0 fully saturated rings. The number of rotatable bonds is 8. The highest BCUT2D eigenvalue weighted by molar-refractivity contribution is 7.17. The molecule has 154 valence electrons. The number of aryl methyl sites for hydroxylation is 1. The highest BCUT2D eigenvalue weighted by Gasteiger charge is 2.16. The lowest BCUT2D eigenvalue weighted by Crippen LogP contribution is -2.06. The second kappa shape index (κ2) is 12.1. The molecular formula is C20H29N3O4S. The van der Waals surface area contributed by atoms with Crippen molar-refractivity contribution in [1.29, 1.82) is 0 Å². The summed E-state index contributed by atoms with van der Waals surface area (Å²) in [5, 5.41) is 21.6. The zero-order chi connectivity index (χ0) is 21.1. The Balaban J connectivity index is 0.000000696. The Bertz CT molecular complexity index is 786. The highest BCUT2D eigenvalue weighted by atomic mass is 32.1. The molecule has 0 saturated carbocycles. The van der Waals surface area contributed by atoms with E-state index in [0.717, 1.165) is 23.4 Å². The monoisotopic (exact) mass is 407 g/mol. The molecule has 1 aromatic heterocycles. The fraction of sp³-hybridized carbons (Fsp3) is 0.450. The number of benzene rings is 1. The number of nitrogens with two attached hydrogens (primary N) is 1. The van der Waals surface area contributed by atoms with E-state index >= 15 is 0 Å². The van der Waals surface area contributed by atoms with Crippen LogP contribution in [0.15, 0.2) is 23.4 Å². The van der Waals surface area contributed by atoms with Gasteiger partial charge in [0.1, 0.15) is 15.6 Å². The average Bonchev–Trinajstić information content (AvgIpc) is 3.04.